The lowest BCUT2D eigenvalue weighted by atomic mass is 9.85. The summed E-state index contributed by atoms with van der Waals surface area (Å²) in [5, 5.41) is 7.38. The molecule has 116 valence electrons. The summed E-state index contributed by atoms with van der Waals surface area (Å²) < 4.78 is 39.1. The Bertz CT molecular complexity index is 352. The van der Waals surface area contributed by atoms with Crippen molar-refractivity contribution in [2.75, 3.05) is 26.2 Å². The van der Waals surface area contributed by atoms with Crippen molar-refractivity contribution in [2.45, 2.75) is 32.4 Å². The van der Waals surface area contributed by atoms with E-state index in [1.54, 1.807) is 0 Å². The van der Waals surface area contributed by atoms with Gasteiger partial charge in [-0.1, -0.05) is 6.92 Å². The molecule has 5 nitrogen and oxygen atoms in total. The summed E-state index contributed by atoms with van der Waals surface area (Å²) >= 11 is 0. The van der Waals surface area contributed by atoms with Crippen molar-refractivity contribution in [3.05, 3.63) is 0 Å². The maximum Gasteiger partial charge on any atom is 0.404 e. The van der Waals surface area contributed by atoms with Crippen molar-refractivity contribution in [1.29, 1.82) is 0 Å². The summed E-state index contributed by atoms with van der Waals surface area (Å²) in [6.45, 7) is 2.06. The first-order valence-electron chi connectivity index (χ1n) is 6.66. The van der Waals surface area contributed by atoms with Crippen LogP contribution in [-0.2, 0) is 9.59 Å². The number of halogens is 3. The summed E-state index contributed by atoms with van der Waals surface area (Å²) in [5.41, 5.74) is -2.37. The second-order valence-corrected chi connectivity index (χ2v) is 4.86. The molecule has 0 spiro atoms. The summed E-state index contributed by atoms with van der Waals surface area (Å²) in [4.78, 5) is 23.1. The summed E-state index contributed by atoms with van der Waals surface area (Å²) in [6.07, 6.45) is -4.11. The lowest BCUT2D eigenvalue weighted by Gasteiger charge is -2.29. The van der Waals surface area contributed by atoms with Crippen LogP contribution in [0.5, 0.6) is 0 Å². The van der Waals surface area contributed by atoms with E-state index in [0.717, 1.165) is 6.42 Å². The van der Waals surface area contributed by atoms with Gasteiger partial charge in [-0.05, 0) is 19.4 Å². The van der Waals surface area contributed by atoms with E-state index in [9.17, 15) is 22.8 Å². The van der Waals surface area contributed by atoms with Crippen LogP contribution in [0.4, 0.5) is 13.2 Å². The third-order valence-corrected chi connectivity index (χ3v) is 3.34. The van der Waals surface area contributed by atoms with Gasteiger partial charge in [0, 0.05) is 26.1 Å². The van der Waals surface area contributed by atoms with Crippen molar-refractivity contribution in [3.63, 3.8) is 0 Å². The molecule has 1 fully saturated rings. The summed E-state index contributed by atoms with van der Waals surface area (Å²) in [7, 11) is 0. The fraction of sp³-hybridized carbons (Fsp3) is 0.833. The average Bonchev–Trinajstić information content (AvgIpc) is 2.86. The largest absolute Gasteiger partial charge is 0.404 e. The fourth-order valence-electron chi connectivity index (χ4n) is 2.07. The minimum atomic E-state index is -4.59. The minimum absolute atomic E-state index is 0.0207. The minimum Gasteiger partial charge on any atom is -0.356 e. The highest BCUT2D eigenvalue weighted by Gasteiger charge is 2.61. The highest BCUT2D eigenvalue weighted by Crippen LogP contribution is 2.43. The molecule has 0 aromatic carbocycles. The van der Waals surface area contributed by atoms with Crippen LogP contribution in [0.1, 0.15) is 26.2 Å². The number of amides is 2. The van der Waals surface area contributed by atoms with Gasteiger partial charge in [0.25, 0.3) is 0 Å². The zero-order chi connectivity index (χ0) is 15.2. The van der Waals surface area contributed by atoms with Crippen molar-refractivity contribution >= 4 is 11.8 Å². The second kappa shape index (κ2) is 6.92. The molecule has 3 N–H and O–H groups in total. The molecule has 1 aliphatic rings. The molecule has 1 heterocycles. The number of hydrogen-bond donors (Lipinski definition) is 3. The van der Waals surface area contributed by atoms with Crippen LogP contribution in [0.2, 0.25) is 0 Å². The van der Waals surface area contributed by atoms with Crippen LogP contribution in [-0.4, -0.2) is 44.2 Å². The predicted molar refractivity (Wildman–Crippen MR) is 66.9 cm³/mol. The van der Waals surface area contributed by atoms with Gasteiger partial charge in [-0.15, -0.1) is 0 Å². The molecule has 0 aromatic heterocycles. The molecule has 8 heteroatoms. The highest BCUT2D eigenvalue weighted by atomic mass is 19.4. The second-order valence-electron chi connectivity index (χ2n) is 4.86. The van der Waals surface area contributed by atoms with Gasteiger partial charge in [-0.25, -0.2) is 0 Å². The van der Waals surface area contributed by atoms with Gasteiger partial charge < -0.3 is 16.0 Å². The van der Waals surface area contributed by atoms with E-state index in [1.807, 2.05) is 6.92 Å². The Labute approximate surface area is 115 Å². The number of alkyl halides is 3. The van der Waals surface area contributed by atoms with Gasteiger partial charge in [-0.2, -0.15) is 13.2 Å². The van der Waals surface area contributed by atoms with E-state index < -0.39 is 24.0 Å². The molecule has 0 aliphatic carbocycles. The van der Waals surface area contributed by atoms with E-state index in [1.165, 1.54) is 0 Å². The molecule has 2 amide bonds. The Morgan fingerprint density at radius 1 is 1.25 bits per heavy atom. The molecule has 1 atom stereocenters. The van der Waals surface area contributed by atoms with Crippen LogP contribution < -0.4 is 16.0 Å². The van der Waals surface area contributed by atoms with Crippen molar-refractivity contribution in [2.24, 2.45) is 5.41 Å². The normalized spacial score (nSPS) is 22.6. The quantitative estimate of drug-likeness (QED) is 0.670. The Hall–Kier alpha value is -1.31. The lowest BCUT2D eigenvalue weighted by molar-refractivity contribution is -0.215. The van der Waals surface area contributed by atoms with Gasteiger partial charge >= 0.3 is 6.18 Å². The Morgan fingerprint density at radius 2 is 1.95 bits per heavy atom. The third-order valence-electron chi connectivity index (χ3n) is 3.34. The molecule has 20 heavy (non-hydrogen) atoms. The molecule has 0 saturated carbocycles. The lowest BCUT2D eigenvalue weighted by Crippen LogP contribution is -2.52. The van der Waals surface area contributed by atoms with E-state index >= 15 is 0 Å². The maximum atomic E-state index is 13.0. The van der Waals surface area contributed by atoms with Gasteiger partial charge in [0.05, 0.1) is 0 Å². The van der Waals surface area contributed by atoms with Crippen molar-refractivity contribution < 1.29 is 22.8 Å². The van der Waals surface area contributed by atoms with E-state index in [-0.39, 0.29) is 31.8 Å². The van der Waals surface area contributed by atoms with Crippen molar-refractivity contribution in [3.8, 4) is 0 Å². The molecular formula is C12H20F3N3O2. The molecule has 0 radical (unpaired) electrons. The maximum absolute atomic E-state index is 13.0. The number of nitrogens with one attached hydrogen (secondary N) is 3. The zero-order valence-corrected chi connectivity index (χ0v) is 11.4. The van der Waals surface area contributed by atoms with Gasteiger partial charge in [0.1, 0.15) is 0 Å². The zero-order valence-electron chi connectivity index (χ0n) is 11.4. The molecular weight excluding hydrogens is 275 g/mol. The van der Waals surface area contributed by atoms with Crippen LogP contribution in [0.3, 0.4) is 0 Å². The molecule has 0 bridgehead atoms. The predicted octanol–water partition coefficient (Wildman–Crippen LogP) is 0.561. The van der Waals surface area contributed by atoms with E-state index in [0.29, 0.717) is 6.54 Å². The van der Waals surface area contributed by atoms with Gasteiger partial charge in [0.2, 0.25) is 11.8 Å². The van der Waals surface area contributed by atoms with Crippen molar-refractivity contribution in [1.82, 2.24) is 16.0 Å². The highest BCUT2D eigenvalue weighted by molar-refractivity contribution is 5.85. The molecule has 1 aliphatic heterocycles. The first-order valence-corrected chi connectivity index (χ1v) is 6.66. The molecule has 1 unspecified atom stereocenters. The van der Waals surface area contributed by atoms with Crippen LogP contribution >= 0.6 is 0 Å². The standard InChI is InChI=1S/C12H20F3N3O2/c1-2-5-17-9(19)3-6-18-10(20)11(12(13,14)15)4-7-16-8-11/h16H,2-8H2,1H3,(H,17,19)(H,18,20). The summed E-state index contributed by atoms with van der Waals surface area (Å²) in [5.74, 6) is -1.34. The van der Waals surface area contributed by atoms with Crippen LogP contribution in [0.15, 0.2) is 0 Å². The first kappa shape index (κ1) is 16.7. The van der Waals surface area contributed by atoms with Crippen LogP contribution in [0.25, 0.3) is 0 Å². The number of carbonyl (C=O) groups excluding carboxylic acids is 2. The van der Waals surface area contributed by atoms with E-state index in [4.69, 9.17) is 0 Å². The van der Waals surface area contributed by atoms with Gasteiger partial charge in [-0.3, -0.25) is 9.59 Å². The fourth-order valence-corrected chi connectivity index (χ4v) is 2.07. The Morgan fingerprint density at radius 3 is 2.45 bits per heavy atom. The monoisotopic (exact) mass is 295 g/mol. The number of rotatable bonds is 6. The topological polar surface area (TPSA) is 70.2 Å². The molecule has 1 rings (SSSR count). The third kappa shape index (κ3) is 3.84. The number of hydrogen-bond acceptors (Lipinski definition) is 3. The Kier molecular flexibility index (Phi) is 5.79. The van der Waals surface area contributed by atoms with Crippen LogP contribution in [0, 0.1) is 5.41 Å². The number of carbonyl (C=O) groups is 2. The average molecular weight is 295 g/mol. The summed E-state index contributed by atoms with van der Waals surface area (Å²) in [6, 6.07) is 0. The van der Waals surface area contributed by atoms with E-state index in [2.05, 4.69) is 16.0 Å². The molecule has 0 aromatic rings. The van der Waals surface area contributed by atoms with Gasteiger partial charge in [0.15, 0.2) is 5.41 Å². The Balaban J connectivity index is 2.47. The molecule has 1 saturated heterocycles. The smallest absolute Gasteiger partial charge is 0.356 e. The SMILES string of the molecule is CCCNC(=O)CCNC(=O)C1(C(F)(F)F)CCNC1. The first-order chi connectivity index (χ1) is 9.33.